The summed E-state index contributed by atoms with van der Waals surface area (Å²) in [5, 5.41) is 6.80. The van der Waals surface area contributed by atoms with Crippen LogP contribution in [0.25, 0.3) is 10.8 Å². The highest BCUT2D eigenvalue weighted by atomic mass is 79.9. The molecule has 0 saturated carbocycles. The van der Waals surface area contributed by atoms with E-state index in [0.29, 0.717) is 10.8 Å². The van der Waals surface area contributed by atoms with Crippen LogP contribution in [0.4, 0.5) is 0 Å². The van der Waals surface area contributed by atoms with E-state index >= 15 is 0 Å². The molecule has 0 fully saturated rings. The van der Waals surface area contributed by atoms with Crippen LogP contribution in [0, 0.1) is 0 Å². The second-order valence-electron chi connectivity index (χ2n) is 3.08. The molecule has 1 aromatic carbocycles. The quantitative estimate of drug-likeness (QED) is 0.804. The number of aromatic amines is 1. The lowest BCUT2D eigenvalue weighted by Crippen LogP contribution is -2.15. The molecule has 6 heteroatoms. The summed E-state index contributed by atoms with van der Waals surface area (Å²) < 4.78 is 5.34. The molecular formula is C10H7BrN2O3. The molecule has 2 rings (SSSR count). The average Bonchev–Trinajstić information content (AvgIpc) is 2.29. The standard InChI is InChI=1S/C10H7BrN2O3/c1-16-10(15)8-6-3-2-5(11)4-7(6)9(14)13-12-8/h2-4H,1H3,(H,13,14). The monoisotopic (exact) mass is 282 g/mol. The van der Waals surface area contributed by atoms with Crippen LogP contribution in [-0.2, 0) is 4.74 Å². The number of esters is 1. The van der Waals surface area contributed by atoms with Crippen molar-refractivity contribution in [3.63, 3.8) is 0 Å². The Kier molecular flexibility index (Phi) is 2.74. The third-order valence-corrected chi connectivity index (χ3v) is 2.62. The van der Waals surface area contributed by atoms with E-state index in [1.165, 1.54) is 7.11 Å². The van der Waals surface area contributed by atoms with Gasteiger partial charge >= 0.3 is 5.97 Å². The second-order valence-corrected chi connectivity index (χ2v) is 4.00. The van der Waals surface area contributed by atoms with E-state index in [0.717, 1.165) is 4.47 Å². The van der Waals surface area contributed by atoms with E-state index in [1.54, 1.807) is 18.2 Å². The lowest BCUT2D eigenvalue weighted by molar-refractivity contribution is 0.0595. The van der Waals surface area contributed by atoms with Gasteiger partial charge in [-0.15, -0.1) is 0 Å². The van der Waals surface area contributed by atoms with Gasteiger partial charge in [-0.1, -0.05) is 22.0 Å². The molecule has 0 saturated heterocycles. The van der Waals surface area contributed by atoms with Gasteiger partial charge in [0.2, 0.25) is 0 Å². The van der Waals surface area contributed by atoms with Gasteiger partial charge in [0, 0.05) is 9.86 Å². The third kappa shape index (κ3) is 1.71. The maximum atomic E-state index is 11.5. The number of carbonyl (C=O) groups excluding carboxylic acids is 1. The highest BCUT2D eigenvalue weighted by Crippen LogP contribution is 2.18. The molecule has 0 spiro atoms. The Morgan fingerprint density at radius 2 is 2.19 bits per heavy atom. The predicted octanol–water partition coefficient (Wildman–Crippen LogP) is 1.47. The number of nitrogens with zero attached hydrogens (tertiary/aromatic N) is 1. The summed E-state index contributed by atoms with van der Waals surface area (Å²) in [6.07, 6.45) is 0. The first-order valence-electron chi connectivity index (χ1n) is 4.39. The fourth-order valence-electron chi connectivity index (χ4n) is 1.39. The summed E-state index contributed by atoms with van der Waals surface area (Å²) in [6, 6.07) is 5.01. The number of benzene rings is 1. The number of rotatable bonds is 1. The molecule has 0 bridgehead atoms. The maximum Gasteiger partial charge on any atom is 0.359 e. The highest BCUT2D eigenvalue weighted by molar-refractivity contribution is 9.10. The van der Waals surface area contributed by atoms with Gasteiger partial charge in [-0.2, -0.15) is 5.10 Å². The molecule has 5 nitrogen and oxygen atoms in total. The Bertz CT molecular complexity index is 621. The first-order chi connectivity index (χ1) is 7.63. The van der Waals surface area contributed by atoms with Crippen molar-refractivity contribution in [2.45, 2.75) is 0 Å². The molecule has 0 unspecified atom stereocenters. The maximum absolute atomic E-state index is 11.5. The van der Waals surface area contributed by atoms with Crippen LogP contribution in [0.2, 0.25) is 0 Å². The Morgan fingerprint density at radius 3 is 2.88 bits per heavy atom. The smallest absolute Gasteiger partial charge is 0.359 e. The van der Waals surface area contributed by atoms with Crippen molar-refractivity contribution in [1.82, 2.24) is 10.2 Å². The Labute approximate surface area is 98.6 Å². The number of halogens is 1. The van der Waals surface area contributed by atoms with Crippen molar-refractivity contribution in [1.29, 1.82) is 0 Å². The van der Waals surface area contributed by atoms with Gasteiger partial charge in [0.25, 0.3) is 5.56 Å². The first kappa shape index (κ1) is 10.8. The number of nitrogens with one attached hydrogen (secondary N) is 1. The van der Waals surface area contributed by atoms with Crippen molar-refractivity contribution in [2.24, 2.45) is 0 Å². The lowest BCUT2D eigenvalue weighted by Gasteiger charge is -2.02. The van der Waals surface area contributed by atoms with Crippen LogP contribution in [0.5, 0.6) is 0 Å². The van der Waals surface area contributed by atoms with E-state index in [-0.39, 0.29) is 11.3 Å². The second kappa shape index (κ2) is 4.05. The summed E-state index contributed by atoms with van der Waals surface area (Å²) in [4.78, 5) is 22.9. The van der Waals surface area contributed by atoms with Crippen molar-refractivity contribution in [2.75, 3.05) is 7.11 Å². The molecule has 0 aliphatic heterocycles. The number of methoxy groups -OCH3 is 1. The zero-order chi connectivity index (χ0) is 11.7. The van der Waals surface area contributed by atoms with Gasteiger partial charge in [-0.25, -0.2) is 9.89 Å². The van der Waals surface area contributed by atoms with Crippen LogP contribution < -0.4 is 5.56 Å². The molecule has 1 N–H and O–H groups in total. The molecule has 0 aliphatic carbocycles. The van der Waals surface area contributed by atoms with Crippen LogP contribution in [0.1, 0.15) is 10.5 Å². The number of H-pyrrole nitrogens is 1. The summed E-state index contributed by atoms with van der Waals surface area (Å²) in [5.41, 5.74) is -0.242. The number of aromatic nitrogens is 2. The first-order valence-corrected chi connectivity index (χ1v) is 5.19. The molecule has 0 atom stereocenters. The normalized spacial score (nSPS) is 10.4. The molecule has 1 aromatic heterocycles. The SMILES string of the molecule is COC(=O)c1n[nH]c(=O)c2cc(Br)ccc12. The molecule has 0 aliphatic rings. The minimum absolute atomic E-state index is 0.101. The summed E-state index contributed by atoms with van der Waals surface area (Å²) in [5.74, 6) is -0.580. The van der Waals surface area contributed by atoms with Crippen molar-refractivity contribution >= 4 is 32.7 Å². The Morgan fingerprint density at radius 1 is 1.44 bits per heavy atom. The van der Waals surface area contributed by atoms with E-state index in [9.17, 15) is 9.59 Å². The van der Waals surface area contributed by atoms with Crippen LogP contribution in [0.3, 0.4) is 0 Å². The molecule has 2 aromatic rings. The van der Waals surface area contributed by atoms with E-state index in [4.69, 9.17) is 0 Å². The average molecular weight is 283 g/mol. The van der Waals surface area contributed by atoms with Gasteiger partial charge in [0.15, 0.2) is 5.69 Å². The van der Waals surface area contributed by atoms with Gasteiger partial charge in [0.1, 0.15) is 0 Å². The summed E-state index contributed by atoms with van der Waals surface area (Å²) in [7, 11) is 1.26. The summed E-state index contributed by atoms with van der Waals surface area (Å²) in [6.45, 7) is 0. The van der Waals surface area contributed by atoms with Crippen LogP contribution >= 0.6 is 15.9 Å². The minimum Gasteiger partial charge on any atom is -0.464 e. The largest absolute Gasteiger partial charge is 0.464 e. The molecule has 82 valence electrons. The van der Waals surface area contributed by atoms with E-state index < -0.39 is 5.97 Å². The fraction of sp³-hybridized carbons (Fsp3) is 0.100. The Hall–Kier alpha value is -1.69. The topological polar surface area (TPSA) is 72.0 Å². The summed E-state index contributed by atoms with van der Waals surface area (Å²) >= 11 is 3.26. The molecule has 0 radical (unpaired) electrons. The van der Waals surface area contributed by atoms with E-state index in [2.05, 4.69) is 30.9 Å². The van der Waals surface area contributed by atoms with Crippen molar-refractivity contribution in [3.8, 4) is 0 Å². The third-order valence-electron chi connectivity index (χ3n) is 2.13. The molecule has 16 heavy (non-hydrogen) atoms. The number of ether oxygens (including phenoxy) is 1. The number of carbonyl (C=O) groups is 1. The number of hydrogen-bond donors (Lipinski definition) is 1. The predicted molar refractivity (Wildman–Crippen MR) is 61.4 cm³/mol. The molecule has 0 amide bonds. The number of fused-ring (bicyclic) bond motifs is 1. The molecular weight excluding hydrogens is 276 g/mol. The zero-order valence-corrected chi connectivity index (χ0v) is 9.87. The van der Waals surface area contributed by atoms with Gasteiger partial charge in [0.05, 0.1) is 12.5 Å². The minimum atomic E-state index is -0.580. The van der Waals surface area contributed by atoms with E-state index in [1.807, 2.05) is 0 Å². The van der Waals surface area contributed by atoms with Gasteiger partial charge in [-0.05, 0) is 12.1 Å². The fourth-order valence-corrected chi connectivity index (χ4v) is 1.75. The van der Waals surface area contributed by atoms with Crippen molar-refractivity contribution in [3.05, 3.63) is 38.7 Å². The van der Waals surface area contributed by atoms with Gasteiger partial charge in [-0.3, -0.25) is 4.79 Å². The molecule has 1 heterocycles. The number of hydrogen-bond acceptors (Lipinski definition) is 4. The zero-order valence-electron chi connectivity index (χ0n) is 8.28. The lowest BCUT2D eigenvalue weighted by atomic mass is 10.1. The highest BCUT2D eigenvalue weighted by Gasteiger charge is 2.14. The van der Waals surface area contributed by atoms with Crippen LogP contribution in [0.15, 0.2) is 27.5 Å². The van der Waals surface area contributed by atoms with Crippen molar-refractivity contribution < 1.29 is 9.53 Å². The Balaban J connectivity index is 2.84. The van der Waals surface area contributed by atoms with Gasteiger partial charge < -0.3 is 4.74 Å². The van der Waals surface area contributed by atoms with Crippen LogP contribution in [-0.4, -0.2) is 23.3 Å².